The van der Waals surface area contributed by atoms with Gasteiger partial charge in [0.2, 0.25) is 5.91 Å². The molecule has 6 N–H and O–H groups in total. The molecule has 0 spiro atoms. The van der Waals surface area contributed by atoms with Crippen molar-refractivity contribution in [1.82, 2.24) is 4.98 Å². The minimum absolute atomic E-state index is 0.276. The van der Waals surface area contributed by atoms with Crippen LogP contribution >= 0.6 is 0 Å². The van der Waals surface area contributed by atoms with Crippen LogP contribution in [0.25, 0.3) is 17.0 Å². The summed E-state index contributed by atoms with van der Waals surface area (Å²) in [5, 5.41) is 6.10. The fraction of sp³-hybridized carbons (Fsp3) is 0.111. The highest BCUT2D eigenvalue weighted by atomic mass is 16.5. The Hall–Kier alpha value is -5.40. The highest BCUT2D eigenvalue weighted by Gasteiger charge is 2.11. The molecule has 1 atom stereocenters. The van der Waals surface area contributed by atoms with Crippen molar-refractivity contribution >= 4 is 23.1 Å². The number of nitrogens with one attached hydrogen (secondary N) is 2. The molecule has 0 fully saturated rings. The Morgan fingerprint density at radius 3 is 2.53 bits per heavy atom. The second-order valence-electron chi connectivity index (χ2n) is 10.2. The van der Waals surface area contributed by atoms with Gasteiger partial charge in [-0.05, 0) is 109 Å². The summed E-state index contributed by atoms with van der Waals surface area (Å²) in [5.41, 5.74) is 18.8. The standard InChI is InChI=1S/C36H35N5O2/c1-2-36(42)39-29-13-9-12-28(23-29)33-21-26(20-25-10-5-3-6-11-25)22-35(40-33)41-34(38)24-32(37)27-16-18-31(19-17-27)43-30-14-7-4-8-15-30/h2-3,5-7,9-19,21-24,34H,1,4,8,20,37-38H2,(H,39,42)(H,40,41)/b32-24-. The van der Waals surface area contributed by atoms with Gasteiger partial charge in [-0.2, -0.15) is 0 Å². The SMILES string of the molecule is C=CC(=O)Nc1cccc(-c2cc(Cc3ccccc3)cc(NC(N)/C=C(\N)c3ccc(OC4=CCCC=C4)cc3)n2)c1. The molecule has 3 aromatic carbocycles. The molecule has 0 saturated carbocycles. The lowest BCUT2D eigenvalue weighted by molar-refractivity contribution is -0.111. The molecule has 1 amide bonds. The third-order valence-corrected chi connectivity index (χ3v) is 6.81. The Balaban J connectivity index is 1.36. The number of carbonyl (C=O) groups excluding carboxylic acids is 1. The van der Waals surface area contributed by atoms with Crippen LogP contribution in [0.1, 0.15) is 29.5 Å². The summed E-state index contributed by atoms with van der Waals surface area (Å²) >= 11 is 0. The van der Waals surface area contributed by atoms with E-state index in [4.69, 9.17) is 21.2 Å². The molecule has 7 nitrogen and oxygen atoms in total. The van der Waals surface area contributed by atoms with Crippen molar-refractivity contribution in [3.63, 3.8) is 0 Å². The van der Waals surface area contributed by atoms with Crippen molar-refractivity contribution in [2.75, 3.05) is 10.6 Å². The number of carbonyl (C=O) groups is 1. The molecule has 216 valence electrons. The zero-order chi connectivity index (χ0) is 30.0. The van der Waals surface area contributed by atoms with Crippen molar-refractivity contribution in [2.24, 2.45) is 11.5 Å². The fourth-order valence-electron chi connectivity index (χ4n) is 4.71. The summed E-state index contributed by atoms with van der Waals surface area (Å²) in [6, 6.07) is 29.4. The molecule has 1 aromatic heterocycles. The maximum Gasteiger partial charge on any atom is 0.247 e. The lowest BCUT2D eigenvalue weighted by Gasteiger charge is -2.16. The maximum atomic E-state index is 11.9. The number of allylic oxidation sites excluding steroid dienone is 3. The van der Waals surface area contributed by atoms with E-state index in [9.17, 15) is 4.79 Å². The molecule has 1 aliphatic carbocycles. The summed E-state index contributed by atoms with van der Waals surface area (Å²) in [5.74, 6) is 1.93. The van der Waals surface area contributed by atoms with E-state index < -0.39 is 6.17 Å². The number of pyridine rings is 1. The van der Waals surface area contributed by atoms with Crippen molar-refractivity contribution < 1.29 is 9.53 Å². The molecule has 0 radical (unpaired) electrons. The van der Waals surface area contributed by atoms with Crippen molar-refractivity contribution in [1.29, 1.82) is 0 Å². The quantitative estimate of drug-likeness (QED) is 0.117. The van der Waals surface area contributed by atoms with E-state index in [0.29, 0.717) is 23.6 Å². The number of rotatable bonds is 11. The largest absolute Gasteiger partial charge is 0.458 e. The van der Waals surface area contributed by atoms with E-state index in [2.05, 4.69) is 41.5 Å². The highest BCUT2D eigenvalue weighted by Crippen LogP contribution is 2.26. The third kappa shape index (κ3) is 8.31. The van der Waals surface area contributed by atoms with Crippen LogP contribution in [0.15, 0.2) is 134 Å². The molecule has 0 aliphatic heterocycles. The summed E-state index contributed by atoms with van der Waals surface area (Å²) < 4.78 is 5.93. The smallest absolute Gasteiger partial charge is 0.247 e. The van der Waals surface area contributed by atoms with Crippen LogP contribution in [0, 0.1) is 0 Å². The van der Waals surface area contributed by atoms with E-state index >= 15 is 0 Å². The van der Waals surface area contributed by atoms with Gasteiger partial charge in [-0.25, -0.2) is 4.98 Å². The summed E-state index contributed by atoms with van der Waals surface area (Å²) in [6.45, 7) is 3.53. The van der Waals surface area contributed by atoms with Gasteiger partial charge in [0.25, 0.3) is 0 Å². The molecule has 43 heavy (non-hydrogen) atoms. The number of hydrogen-bond acceptors (Lipinski definition) is 6. The topological polar surface area (TPSA) is 115 Å². The first-order valence-corrected chi connectivity index (χ1v) is 14.2. The van der Waals surface area contributed by atoms with Crippen molar-refractivity contribution in [2.45, 2.75) is 25.4 Å². The third-order valence-electron chi connectivity index (χ3n) is 6.81. The minimum atomic E-state index is -0.598. The second kappa shape index (κ2) is 14.0. The number of nitrogens with two attached hydrogens (primary N) is 2. The van der Waals surface area contributed by atoms with E-state index in [-0.39, 0.29) is 5.91 Å². The molecule has 0 saturated heterocycles. The van der Waals surface area contributed by atoms with Gasteiger partial charge < -0.3 is 26.8 Å². The van der Waals surface area contributed by atoms with E-state index in [1.54, 1.807) is 6.08 Å². The Bertz CT molecular complexity index is 1670. The van der Waals surface area contributed by atoms with Crippen LogP contribution in [0.3, 0.4) is 0 Å². The van der Waals surface area contributed by atoms with Crippen LogP contribution in [0.2, 0.25) is 0 Å². The van der Waals surface area contributed by atoms with Gasteiger partial charge in [0.15, 0.2) is 0 Å². The number of nitrogens with zero attached hydrogens (tertiary/aromatic N) is 1. The average Bonchev–Trinajstić information content (AvgIpc) is 3.02. The monoisotopic (exact) mass is 569 g/mol. The predicted molar refractivity (Wildman–Crippen MR) is 175 cm³/mol. The number of aromatic nitrogens is 1. The molecule has 1 heterocycles. The van der Waals surface area contributed by atoms with E-state index in [1.165, 1.54) is 11.6 Å². The molecule has 0 bridgehead atoms. The lowest BCUT2D eigenvalue weighted by Crippen LogP contribution is -2.28. The zero-order valence-corrected chi connectivity index (χ0v) is 23.9. The zero-order valence-electron chi connectivity index (χ0n) is 23.9. The van der Waals surface area contributed by atoms with Gasteiger partial charge in [0, 0.05) is 16.9 Å². The van der Waals surface area contributed by atoms with E-state index in [1.807, 2.05) is 84.9 Å². The number of ether oxygens (including phenoxy) is 1. The number of anilines is 2. The average molecular weight is 570 g/mol. The van der Waals surface area contributed by atoms with Crippen LogP contribution in [-0.4, -0.2) is 17.1 Å². The van der Waals surface area contributed by atoms with E-state index in [0.717, 1.165) is 46.7 Å². The number of amides is 1. The van der Waals surface area contributed by atoms with Crippen LogP contribution in [-0.2, 0) is 11.2 Å². The molecule has 7 heteroatoms. The first-order chi connectivity index (χ1) is 20.9. The number of hydrogen-bond donors (Lipinski definition) is 4. The van der Waals surface area contributed by atoms with Gasteiger partial charge in [-0.3, -0.25) is 4.79 Å². The highest BCUT2D eigenvalue weighted by molar-refractivity contribution is 5.99. The fourth-order valence-corrected chi connectivity index (χ4v) is 4.71. The molecule has 4 aromatic rings. The molecular formula is C36H35N5O2. The molecule has 5 rings (SSSR count). The molecule has 1 aliphatic rings. The Labute approximate surface area is 252 Å². The minimum Gasteiger partial charge on any atom is -0.458 e. The summed E-state index contributed by atoms with van der Waals surface area (Å²) in [4.78, 5) is 16.7. The van der Waals surface area contributed by atoms with Crippen molar-refractivity contribution in [3.05, 3.63) is 150 Å². The Kier molecular flexibility index (Phi) is 9.46. The van der Waals surface area contributed by atoms with Crippen LogP contribution in [0.5, 0.6) is 5.75 Å². The Morgan fingerprint density at radius 1 is 0.977 bits per heavy atom. The molecular weight excluding hydrogens is 534 g/mol. The van der Waals surface area contributed by atoms with Gasteiger partial charge in [0.05, 0.1) is 11.9 Å². The van der Waals surface area contributed by atoms with Crippen LogP contribution in [0.4, 0.5) is 11.5 Å². The van der Waals surface area contributed by atoms with Gasteiger partial charge in [0.1, 0.15) is 17.3 Å². The lowest BCUT2D eigenvalue weighted by atomic mass is 10.0. The van der Waals surface area contributed by atoms with Gasteiger partial charge >= 0.3 is 0 Å². The Morgan fingerprint density at radius 2 is 1.79 bits per heavy atom. The maximum absolute atomic E-state index is 11.9. The summed E-state index contributed by atoms with van der Waals surface area (Å²) in [7, 11) is 0. The number of benzene rings is 3. The normalized spacial score (nSPS) is 13.5. The van der Waals surface area contributed by atoms with Crippen molar-refractivity contribution in [3.8, 4) is 17.0 Å². The van der Waals surface area contributed by atoms with Crippen LogP contribution < -0.4 is 26.8 Å². The second-order valence-corrected chi connectivity index (χ2v) is 10.2. The van der Waals surface area contributed by atoms with Gasteiger partial charge in [-0.15, -0.1) is 0 Å². The summed E-state index contributed by atoms with van der Waals surface area (Å²) in [6.07, 6.45) is 11.3. The first kappa shape index (κ1) is 29.1. The predicted octanol–water partition coefficient (Wildman–Crippen LogP) is 6.77. The van der Waals surface area contributed by atoms with Gasteiger partial charge in [-0.1, -0.05) is 55.1 Å². The molecule has 1 unspecified atom stereocenters. The first-order valence-electron chi connectivity index (χ1n) is 14.2.